The molecule has 5 heteroatoms. The van der Waals surface area contributed by atoms with Gasteiger partial charge in [0.2, 0.25) is 0 Å². The number of carbonyl (C=O) groups is 1. The van der Waals surface area contributed by atoms with Gasteiger partial charge in [-0.2, -0.15) is 0 Å². The van der Waals surface area contributed by atoms with Crippen molar-refractivity contribution in [2.24, 2.45) is 5.73 Å². The number of hydrogen-bond acceptors (Lipinski definition) is 3. The van der Waals surface area contributed by atoms with Gasteiger partial charge in [0, 0.05) is 0 Å². The van der Waals surface area contributed by atoms with E-state index >= 15 is 0 Å². The van der Waals surface area contributed by atoms with Crippen molar-refractivity contribution < 1.29 is 4.79 Å². The summed E-state index contributed by atoms with van der Waals surface area (Å²) in [6.07, 6.45) is 1.50. The summed E-state index contributed by atoms with van der Waals surface area (Å²) in [6, 6.07) is 0. The Morgan fingerprint density at radius 3 is 2.78 bits per heavy atom. The molecule has 3 nitrogen and oxygen atoms in total. The average Bonchev–Trinajstić information content (AvgIpc) is 2.14. The van der Waals surface area contributed by atoms with Gasteiger partial charge >= 0.3 is 64.5 Å². The normalized spacial score (nSPS) is 9.44. The minimum atomic E-state index is -0.392. The summed E-state index contributed by atoms with van der Waals surface area (Å²) in [5.74, 6) is -0.392. The number of thiazole rings is 1. The first-order chi connectivity index (χ1) is 4.20. The fourth-order valence-electron chi connectivity index (χ4n) is 0.402. The molecule has 2 N–H and O–H groups in total. The van der Waals surface area contributed by atoms with E-state index in [0.29, 0.717) is 4.88 Å². The van der Waals surface area contributed by atoms with Crippen LogP contribution in [0.25, 0.3) is 0 Å². The number of amides is 1. The third kappa shape index (κ3) is 1.53. The summed E-state index contributed by atoms with van der Waals surface area (Å²) in [5, 5.41) is 0. The summed E-state index contributed by atoms with van der Waals surface area (Å²) >= 11 is 2.75. The van der Waals surface area contributed by atoms with Crippen LogP contribution in [0.5, 0.6) is 0 Å². The molecular formula is C4H5AsN2OS. The van der Waals surface area contributed by atoms with Gasteiger partial charge < -0.3 is 0 Å². The van der Waals surface area contributed by atoms with Gasteiger partial charge in [0.05, 0.1) is 0 Å². The molecule has 1 amide bonds. The van der Waals surface area contributed by atoms with E-state index in [2.05, 4.69) is 4.98 Å². The molecule has 0 radical (unpaired) electrons. The van der Waals surface area contributed by atoms with Gasteiger partial charge in [0.1, 0.15) is 0 Å². The molecule has 48 valence electrons. The van der Waals surface area contributed by atoms with Gasteiger partial charge in [0.25, 0.3) is 0 Å². The molecule has 0 aromatic carbocycles. The van der Waals surface area contributed by atoms with Crippen LogP contribution in [0.2, 0.25) is 0 Å². The van der Waals surface area contributed by atoms with Crippen molar-refractivity contribution in [3.8, 4) is 0 Å². The average molecular weight is 204 g/mol. The Hall–Kier alpha value is -0.342. The number of nitrogens with two attached hydrogens (primary N) is 1. The first kappa shape index (κ1) is 6.77. The summed E-state index contributed by atoms with van der Waals surface area (Å²) in [4.78, 5) is 14.8. The van der Waals surface area contributed by atoms with Gasteiger partial charge in [0.15, 0.2) is 0 Å². The van der Waals surface area contributed by atoms with Gasteiger partial charge in [-0.25, -0.2) is 0 Å². The Bertz CT molecular complexity index is 234. The molecule has 0 bridgehead atoms. The number of nitrogens with zero attached hydrogens (tertiary/aromatic N) is 1. The SMILES string of the molecule is NC(=O)c1cnc([AsH2])s1. The molecule has 0 saturated carbocycles. The second-order valence-corrected chi connectivity index (χ2v) is 4.51. The third-order valence-corrected chi connectivity index (χ3v) is 2.66. The molecule has 1 atom stereocenters. The maximum atomic E-state index is 10.4. The van der Waals surface area contributed by atoms with Crippen molar-refractivity contribution in [3.05, 3.63) is 11.1 Å². The van der Waals surface area contributed by atoms with Gasteiger partial charge in [-0.05, 0) is 0 Å². The molecule has 1 rings (SSSR count). The Balaban J connectivity index is 2.98. The second kappa shape index (κ2) is 2.50. The van der Waals surface area contributed by atoms with Gasteiger partial charge in [-0.1, -0.05) is 0 Å². The Morgan fingerprint density at radius 1 is 1.89 bits per heavy atom. The van der Waals surface area contributed by atoms with Crippen LogP contribution in [0.1, 0.15) is 9.67 Å². The topological polar surface area (TPSA) is 56.0 Å². The number of hydrogen-bond donors (Lipinski definition) is 1. The van der Waals surface area contributed by atoms with Crippen LogP contribution in [0.15, 0.2) is 6.20 Å². The Morgan fingerprint density at radius 2 is 2.56 bits per heavy atom. The van der Waals surface area contributed by atoms with Gasteiger partial charge in [-0.15, -0.1) is 0 Å². The Kier molecular flexibility index (Phi) is 1.88. The van der Waals surface area contributed by atoms with Gasteiger partial charge in [-0.3, -0.25) is 0 Å². The van der Waals surface area contributed by atoms with Crippen molar-refractivity contribution >= 4 is 37.9 Å². The van der Waals surface area contributed by atoms with E-state index in [1.54, 1.807) is 0 Å². The molecule has 0 aliphatic carbocycles. The zero-order valence-corrected chi connectivity index (χ0v) is 7.73. The molecule has 0 aliphatic rings. The summed E-state index contributed by atoms with van der Waals surface area (Å²) in [5.41, 5.74) is 4.97. The van der Waals surface area contributed by atoms with Crippen molar-refractivity contribution in [1.29, 1.82) is 0 Å². The van der Waals surface area contributed by atoms with E-state index in [1.165, 1.54) is 34.4 Å². The molecule has 1 aromatic rings. The van der Waals surface area contributed by atoms with Crippen molar-refractivity contribution in [2.45, 2.75) is 0 Å². The summed E-state index contributed by atoms with van der Waals surface area (Å²) in [6.45, 7) is 0. The number of carbonyl (C=O) groups excluding carboxylic acids is 1. The van der Waals surface area contributed by atoms with E-state index in [1.807, 2.05) is 0 Å². The van der Waals surface area contributed by atoms with Crippen LogP contribution in [0.4, 0.5) is 0 Å². The zero-order valence-electron chi connectivity index (χ0n) is 4.50. The van der Waals surface area contributed by atoms with Crippen LogP contribution in [0.3, 0.4) is 0 Å². The molecule has 1 heterocycles. The van der Waals surface area contributed by atoms with Crippen LogP contribution >= 0.6 is 11.3 Å². The van der Waals surface area contributed by atoms with Crippen LogP contribution in [-0.4, -0.2) is 27.7 Å². The van der Waals surface area contributed by atoms with Crippen molar-refractivity contribution in [1.82, 2.24) is 4.98 Å². The monoisotopic (exact) mass is 204 g/mol. The molecule has 0 spiro atoms. The fraction of sp³-hybridized carbons (Fsp3) is 0. The molecule has 0 aliphatic heterocycles. The Labute approximate surface area is 64.8 Å². The maximum absolute atomic E-state index is 10.4. The van der Waals surface area contributed by atoms with E-state index in [9.17, 15) is 4.79 Å². The molecule has 0 saturated heterocycles. The predicted octanol–water partition coefficient (Wildman–Crippen LogP) is -1.50. The predicted molar refractivity (Wildman–Crippen MR) is 38.8 cm³/mol. The first-order valence-electron chi connectivity index (χ1n) is 2.21. The number of rotatable bonds is 1. The van der Waals surface area contributed by atoms with Crippen LogP contribution in [0, 0.1) is 0 Å². The molecule has 0 fully saturated rings. The van der Waals surface area contributed by atoms with Crippen LogP contribution < -0.4 is 9.53 Å². The summed E-state index contributed by atoms with van der Waals surface area (Å²) in [7, 11) is 0. The number of aromatic nitrogens is 1. The molecular weight excluding hydrogens is 199 g/mol. The summed E-state index contributed by atoms with van der Waals surface area (Å²) < 4.78 is 0.927. The standard InChI is InChI=1S/C4H5AsN2OS/c5-4-7-1-2(9-4)3(6)8/h1H,5H2,(H2,6,8). The van der Waals surface area contributed by atoms with E-state index < -0.39 is 5.91 Å². The van der Waals surface area contributed by atoms with E-state index in [4.69, 9.17) is 5.73 Å². The van der Waals surface area contributed by atoms with E-state index in [-0.39, 0.29) is 0 Å². The van der Waals surface area contributed by atoms with Crippen molar-refractivity contribution in [2.75, 3.05) is 0 Å². The quantitative estimate of drug-likeness (QED) is 0.566. The van der Waals surface area contributed by atoms with Crippen molar-refractivity contribution in [3.63, 3.8) is 0 Å². The minimum absolute atomic E-state index is 0.392. The zero-order chi connectivity index (χ0) is 6.85. The second-order valence-electron chi connectivity index (χ2n) is 1.43. The number of primary amides is 1. The molecule has 1 unspecified atom stereocenters. The molecule has 9 heavy (non-hydrogen) atoms. The first-order valence-corrected chi connectivity index (χ1v) is 4.24. The third-order valence-electron chi connectivity index (χ3n) is 0.766. The fourth-order valence-corrected chi connectivity index (χ4v) is 1.89. The van der Waals surface area contributed by atoms with E-state index in [0.717, 1.165) is 3.80 Å². The van der Waals surface area contributed by atoms with Crippen LogP contribution in [-0.2, 0) is 0 Å². The molecule has 1 aromatic heterocycles.